The van der Waals surface area contributed by atoms with Crippen LogP contribution >= 0.6 is 0 Å². The molecule has 0 radical (unpaired) electrons. The number of amides is 2. The minimum atomic E-state index is -1.26. The minimum Gasteiger partial charge on any atom is -0.394 e. The van der Waals surface area contributed by atoms with Gasteiger partial charge in [-0.1, -0.05) is 0 Å². The second-order valence-electron chi connectivity index (χ2n) is 25.3. The molecule has 6 N–H and O–H groups in total. The Morgan fingerprint density at radius 3 is 0.842 bits per heavy atom. The summed E-state index contributed by atoms with van der Waals surface area (Å²) < 4.78 is 0. The van der Waals surface area contributed by atoms with Crippen LogP contribution in [0.4, 0.5) is 0 Å². The van der Waals surface area contributed by atoms with E-state index >= 15 is 9.59 Å². The molecule has 17 fully saturated rings. The van der Waals surface area contributed by atoms with Gasteiger partial charge in [-0.3, -0.25) is 9.59 Å². The zero-order chi connectivity index (χ0) is 37.2. The summed E-state index contributed by atoms with van der Waals surface area (Å²) in [4.78, 5) is 30.7. The van der Waals surface area contributed by atoms with Gasteiger partial charge in [0.15, 0.2) is 0 Å². The summed E-state index contributed by atoms with van der Waals surface area (Å²) >= 11 is 0. The van der Waals surface area contributed by atoms with Crippen LogP contribution in [0, 0.1) is 195 Å². The van der Waals surface area contributed by atoms with Crippen molar-refractivity contribution in [3.8, 4) is 0 Å². The van der Waals surface area contributed by atoms with Crippen molar-refractivity contribution in [3.63, 3.8) is 0 Å². The largest absolute Gasteiger partial charge is 0.394 e. The molecule has 0 heterocycles. The molecule has 30 unspecified atom stereocenters. The fraction of sp³-hybridized carbons (Fsp3) is 0.959. The molecule has 0 aromatic rings. The molecule has 30 atom stereocenters. The maximum atomic E-state index is 15.3. The number of aliphatic hydroxyl groups is 4. The summed E-state index contributed by atoms with van der Waals surface area (Å²) in [5.41, 5.74) is -1.26. The van der Waals surface area contributed by atoms with Crippen LogP contribution < -0.4 is 10.6 Å². The third-order valence-electron chi connectivity index (χ3n) is 26.4. The summed E-state index contributed by atoms with van der Waals surface area (Å²) in [5, 5.41) is 47.4. The van der Waals surface area contributed by atoms with Crippen molar-refractivity contribution >= 4 is 11.8 Å². The lowest BCUT2D eigenvalue weighted by Gasteiger charge is -2.61. The molecule has 17 rings (SSSR count). The van der Waals surface area contributed by atoms with Crippen LogP contribution in [0.25, 0.3) is 0 Å². The monoisotopic (exact) mass is 776 g/mol. The number of hydrogen-bond acceptors (Lipinski definition) is 6. The second-order valence-corrected chi connectivity index (χ2v) is 25.3. The van der Waals surface area contributed by atoms with Crippen LogP contribution in [-0.2, 0) is 9.59 Å². The van der Waals surface area contributed by atoms with Gasteiger partial charge >= 0.3 is 0 Å². The number of carbonyl (C=O) groups excluding carboxylic acids is 2. The highest BCUT2D eigenvalue weighted by molar-refractivity contribution is 6.09. The minimum absolute atomic E-state index is 0.0103. The molecule has 57 heavy (non-hydrogen) atoms. The molecule has 0 aromatic heterocycles. The van der Waals surface area contributed by atoms with Crippen molar-refractivity contribution in [1.29, 1.82) is 0 Å². The first-order valence-electron chi connectivity index (χ1n) is 25.1. The normalized spacial score (nSPS) is 68.7. The van der Waals surface area contributed by atoms with Gasteiger partial charge in [0.2, 0.25) is 11.8 Å². The van der Waals surface area contributed by atoms with Gasteiger partial charge in [-0.05, 0) is 241 Å². The van der Waals surface area contributed by atoms with Crippen LogP contribution in [0.5, 0.6) is 0 Å². The lowest BCUT2D eigenvalue weighted by atomic mass is 9.43. The van der Waals surface area contributed by atoms with Gasteiger partial charge in [0.1, 0.15) is 5.41 Å². The van der Waals surface area contributed by atoms with Gasteiger partial charge in [-0.15, -0.1) is 0 Å². The molecule has 0 spiro atoms. The molecule has 0 saturated heterocycles. The Bertz CT molecular complexity index is 1780. The first-order valence-corrected chi connectivity index (χ1v) is 25.1. The molecule has 2 amide bonds. The van der Waals surface area contributed by atoms with Gasteiger partial charge < -0.3 is 31.1 Å². The fourth-order valence-electron chi connectivity index (χ4n) is 27.6. The highest BCUT2D eigenvalue weighted by Crippen LogP contribution is 2.95. The van der Waals surface area contributed by atoms with E-state index in [0.717, 1.165) is 142 Å². The van der Waals surface area contributed by atoms with Crippen molar-refractivity contribution in [2.75, 3.05) is 26.4 Å². The fourth-order valence-corrected chi connectivity index (χ4v) is 27.6. The van der Waals surface area contributed by atoms with Crippen LogP contribution in [0.3, 0.4) is 0 Å². The number of aliphatic hydroxyl groups excluding tert-OH is 4. The number of carbonyl (C=O) groups is 2. The van der Waals surface area contributed by atoms with E-state index in [-0.39, 0.29) is 50.1 Å². The standard InChI is InChI=1S/C49H64N2O6/c52-9-13(10-53)50-47(56)49(48(57)51-14(11-54)12-55)45-31-21-7-5-19-17-3-1-15-16-2-4-18-20-6-8-22-30-28(20)35-26(18)24(16)33-23(15)25(17)34-27(19)29(21)36-38(31)39(32(22)46(45)49)37(30)44-42(35)40(33)41(34)43(36)44/h13-46,52-55H,1-12H2,(H,50,56)(H,51,57). The summed E-state index contributed by atoms with van der Waals surface area (Å²) in [6, 6.07) is -1.60. The van der Waals surface area contributed by atoms with Gasteiger partial charge in [-0.2, -0.15) is 0 Å². The van der Waals surface area contributed by atoms with Crippen LogP contribution in [0.15, 0.2) is 0 Å². The summed E-state index contributed by atoms with van der Waals surface area (Å²) in [6.07, 6.45) is 11.6. The predicted octanol–water partition coefficient (Wildman–Crippen LogP) is 2.98. The first-order chi connectivity index (χ1) is 28.0. The smallest absolute Gasteiger partial charge is 0.236 e. The number of nitrogens with one attached hydrogen (secondary N) is 2. The Hall–Kier alpha value is -1.22. The molecule has 306 valence electrons. The van der Waals surface area contributed by atoms with Crippen LogP contribution in [0.1, 0.15) is 51.4 Å². The lowest BCUT2D eigenvalue weighted by molar-refractivity contribution is -0.148. The van der Waals surface area contributed by atoms with Crippen molar-refractivity contribution < 1.29 is 30.0 Å². The summed E-state index contributed by atoms with van der Waals surface area (Å²) in [6.45, 7) is -1.44. The zero-order valence-electron chi connectivity index (χ0n) is 33.2. The van der Waals surface area contributed by atoms with Crippen molar-refractivity contribution in [3.05, 3.63) is 0 Å². The van der Waals surface area contributed by atoms with Crippen LogP contribution in [-0.4, -0.2) is 70.8 Å². The van der Waals surface area contributed by atoms with E-state index in [1.807, 2.05) is 0 Å². The Balaban J connectivity index is 0.925. The lowest BCUT2D eigenvalue weighted by Crippen LogP contribution is -2.58. The molecule has 0 aliphatic heterocycles. The van der Waals surface area contributed by atoms with Gasteiger partial charge in [0, 0.05) is 0 Å². The summed E-state index contributed by atoms with van der Waals surface area (Å²) in [5.74, 6) is 25.6. The van der Waals surface area contributed by atoms with Crippen molar-refractivity contribution in [1.82, 2.24) is 10.6 Å². The number of rotatable bonds is 8. The van der Waals surface area contributed by atoms with E-state index in [1.165, 1.54) is 38.5 Å². The number of fused-ring (bicyclic) bond motifs is 8. The third kappa shape index (κ3) is 2.92. The summed E-state index contributed by atoms with van der Waals surface area (Å²) in [7, 11) is 0. The Kier molecular flexibility index (Phi) is 5.62. The molecule has 17 saturated carbocycles. The topological polar surface area (TPSA) is 139 Å². The van der Waals surface area contributed by atoms with Gasteiger partial charge in [0.05, 0.1) is 38.5 Å². The third-order valence-corrected chi connectivity index (χ3v) is 26.4. The maximum Gasteiger partial charge on any atom is 0.236 e. The Labute approximate surface area is 336 Å². The van der Waals surface area contributed by atoms with E-state index in [2.05, 4.69) is 10.6 Å². The highest BCUT2D eigenvalue weighted by Gasteiger charge is 2.93. The quantitative estimate of drug-likeness (QED) is 0.210. The maximum absolute atomic E-state index is 15.3. The average molecular weight is 777 g/mol. The zero-order valence-corrected chi connectivity index (χ0v) is 33.2. The van der Waals surface area contributed by atoms with E-state index in [0.29, 0.717) is 35.5 Å². The molecule has 17 aliphatic rings. The van der Waals surface area contributed by atoms with Gasteiger partial charge in [0.25, 0.3) is 0 Å². The average Bonchev–Trinajstić information content (AvgIpc) is 3.81. The van der Waals surface area contributed by atoms with E-state index in [4.69, 9.17) is 0 Å². The number of hydrogen-bond donors (Lipinski definition) is 6. The van der Waals surface area contributed by atoms with Gasteiger partial charge in [-0.25, -0.2) is 0 Å². The Morgan fingerprint density at radius 2 is 0.561 bits per heavy atom. The molecular weight excluding hydrogens is 713 g/mol. The molecule has 17 aliphatic carbocycles. The SMILES string of the molecule is O=C(NC(CO)CO)C1(C(=O)NC(CO)CO)C2C3C4CCC5C6CCC7C8CCC9C%10CCC%11C%12C%10C%10C9C8C8C7C6C6C5C4C4C5C6C8C%10C5C%12C(C43)C%11C21. The first kappa shape index (κ1) is 32.5. The van der Waals surface area contributed by atoms with Crippen LogP contribution in [0.2, 0.25) is 0 Å². The van der Waals surface area contributed by atoms with E-state index in [9.17, 15) is 20.4 Å². The van der Waals surface area contributed by atoms with Crippen molar-refractivity contribution in [2.24, 2.45) is 195 Å². The Morgan fingerprint density at radius 1 is 0.351 bits per heavy atom. The molecule has 0 bridgehead atoms. The molecule has 0 aromatic carbocycles. The van der Waals surface area contributed by atoms with E-state index in [1.54, 1.807) is 12.8 Å². The predicted molar refractivity (Wildman–Crippen MR) is 203 cm³/mol. The second kappa shape index (κ2) is 9.86. The highest BCUT2D eigenvalue weighted by atomic mass is 16.3. The molecule has 8 nitrogen and oxygen atoms in total. The molecule has 8 heteroatoms. The van der Waals surface area contributed by atoms with E-state index < -0.39 is 17.5 Å². The van der Waals surface area contributed by atoms with Crippen molar-refractivity contribution in [2.45, 2.75) is 63.5 Å². The molecular formula is C49H64N2O6.